The van der Waals surface area contributed by atoms with Crippen LogP contribution < -0.4 is 4.72 Å². The van der Waals surface area contributed by atoms with Gasteiger partial charge in [0.2, 0.25) is 0 Å². The quantitative estimate of drug-likeness (QED) is 0.281. The Morgan fingerprint density at radius 1 is 1.07 bits per heavy atom. The smallest absolute Gasteiger partial charge is 0.199 e. The molecule has 6 nitrogen and oxygen atoms in total. The summed E-state index contributed by atoms with van der Waals surface area (Å²) in [6.07, 6.45) is 2.91. The number of aromatic nitrogens is 2. The van der Waals surface area contributed by atoms with Crippen LogP contribution in [-0.2, 0) is 17.7 Å². The normalized spacial score (nSPS) is 12.3. The SMILES string of the molecule is O=C(c1ccc2nccnc2c1)c1c(F)c(F)cc(CCCNS(=O)[O-])c1F. The Morgan fingerprint density at radius 3 is 2.50 bits per heavy atom. The zero-order valence-corrected chi connectivity index (χ0v) is 15.1. The van der Waals surface area contributed by atoms with Crippen LogP contribution >= 0.6 is 0 Å². The van der Waals surface area contributed by atoms with E-state index in [1.807, 2.05) is 0 Å². The molecule has 3 aromatic rings. The monoisotopic (exact) mass is 408 g/mol. The number of fused-ring (bicyclic) bond motifs is 1. The molecule has 1 N–H and O–H groups in total. The molecule has 0 aliphatic carbocycles. The summed E-state index contributed by atoms with van der Waals surface area (Å²) in [5.41, 5.74) is -0.448. The lowest BCUT2D eigenvalue weighted by Crippen LogP contribution is -2.18. The number of carbonyl (C=O) groups is 1. The van der Waals surface area contributed by atoms with Crippen molar-refractivity contribution < 1.29 is 26.7 Å². The van der Waals surface area contributed by atoms with Gasteiger partial charge in [0.15, 0.2) is 17.4 Å². The molecule has 1 atom stereocenters. The van der Waals surface area contributed by atoms with Crippen LogP contribution in [-0.4, -0.2) is 31.1 Å². The van der Waals surface area contributed by atoms with Gasteiger partial charge in [-0.15, -0.1) is 0 Å². The highest BCUT2D eigenvalue weighted by atomic mass is 32.2. The lowest BCUT2D eigenvalue weighted by atomic mass is 9.97. The molecule has 0 radical (unpaired) electrons. The van der Waals surface area contributed by atoms with Crippen LogP contribution in [0.2, 0.25) is 0 Å². The number of hydrogen-bond donors (Lipinski definition) is 1. The third-order valence-electron chi connectivity index (χ3n) is 4.03. The molecule has 1 heterocycles. The van der Waals surface area contributed by atoms with Gasteiger partial charge < -0.3 is 4.55 Å². The summed E-state index contributed by atoms with van der Waals surface area (Å²) in [6.45, 7) is -0.0127. The van der Waals surface area contributed by atoms with Gasteiger partial charge in [-0.1, -0.05) is 0 Å². The molecule has 1 aromatic heterocycles. The molecule has 10 heteroatoms. The number of halogens is 3. The number of hydrogen-bond acceptors (Lipinski definition) is 5. The fraction of sp³-hybridized carbons (Fsp3) is 0.167. The fourth-order valence-corrected chi connectivity index (χ4v) is 3.03. The molecule has 3 rings (SSSR count). The van der Waals surface area contributed by atoms with E-state index in [9.17, 15) is 26.7 Å². The number of rotatable bonds is 7. The molecule has 0 fully saturated rings. The van der Waals surface area contributed by atoms with E-state index in [0.717, 1.165) is 0 Å². The van der Waals surface area contributed by atoms with Gasteiger partial charge in [-0.25, -0.2) is 17.9 Å². The highest BCUT2D eigenvalue weighted by Crippen LogP contribution is 2.25. The Morgan fingerprint density at radius 2 is 1.79 bits per heavy atom. The maximum atomic E-state index is 14.8. The van der Waals surface area contributed by atoms with Crippen molar-refractivity contribution >= 4 is 28.1 Å². The number of benzene rings is 2. The highest BCUT2D eigenvalue weighted by Gasteiger charge is 2.25. The minimum absolute atomic E-state index is 0.0127. The van der Waals surface area contributed by atoms with Crippen molar-refractivity contribution in [3.05, 3.63) is 70.8 Å². The van der Waals surface area contributed by atoms with Gasteiger partial charge in [-0.2, -0.15) is 0 Å². The van der Waals surface area contributed by atoms with Crippen LogP contribution in [0.3, 0.4) is 0 Å². The molecule has 1 unspecified atom stereocenters. The van der Waals surface area contributed by atoms with Crippen molar-refractivity contribution in [3.8, 4) is 0 Å². The first-order chi connectivity index (χ1) is 13.4. The second-order valence-corrected chi connectivity index (χ2v) is 6.60. The molecule has 28 heavy (non-hydrogen) atoms. The number of carbonyl (C=O) groups excluding carboxylic acids is 1. The Kier molecular flexibility index (Phi) is 6.12. The predicted octanol–water partition coefficient (Wildman–Crippen LogP) is 2.59. The van der Waals surface area contributed by atoms with Crippen molar-refractivity contribution in [2.75, 3.05) is 6.54 Å². The van der Waals surface area contributed by atoms with Gasteiger partial charge in [0.05, 0.1) is 16.6 Å². The maximum absolute atomic E-state index is 14.8. The Hall–Kier alpha value is -2.69. The van der Waals surface area contributed by atoms with Gasteiger partial charge in [-0.3, -0.25) is 19.0 Å². The fourth-order valence-electron chi connectivity index (χ4n) is 2.72. The summed E-state index contributed by atoms with van der Waals surface area (Å²) in [6, 6.07) is 4.79. The summed E-state index contributed by atoms with van der Waals surface area (Å²) >= 11 is -2.48. The average molecular weight is 408 g/mol. The van der Waals surface area contributed by atoms with Gasteiger partial charge in [0.1, 0.15) is 5.82 Å². The van der Waals surface area contributed by atoms with E-state index in [2.05, 4.69) is 14.7 Å². The number of ketones is 1. The third kappa shape index (κ3) is 4.24. The van der Waals surface area contributed by atoms with E-state index in [1.54, 1.807) is 0 Å². The van der Waals surface area contributed by atoms with Crippen molar-refractivity contribution in [1.82, 2.24) is 14.7 Å². The number of nitrogens with one attached hydrogen (secondary N) is 1. The van der Waals surface area contributed by atoms with E-state index in [-0.39, 0.29) is 30.5 Å². The zero-order chi connectivity index (χ0) is 20.3. The largest absolute Gasteiger partial charge is 0.760 e. The van der Waals surface area contributed by atoms with E-state index in [1.165, 1.54) is 30.6 Å². The summed E-state index contributed by atoms with van der Waals surface area (Å²) in [4.78, 5) is 20.7. The second kappa shape index (κ2) is 8.55. The standard InChI is InChI=1S/C18H14F3N3O3S/c19-12-8-10(2-1-5-24-28(26)27)16(20)15(17(12)21)18(25)11-3-4-13-14(9-11)23-7-6-22-13/h3-4,6-9,24H,1-2,5H2,(H,26,27)/p-1. The van der Waals surface area contributed by atoms with Crippen LogP contribution in [0.4, 0.5) is 13.2 Å². The maximum Gasteiger partial charge on any atom is 0.199 e. The van der Waals surface area contributed by atoms with Gasteiger partial charge in [-0.05, 0) is 42.7 Å². The second-order valence-electron chi connectivity index (χ2n) is 5.84. The van der Waals surface area contributed by atoms with Gasteiger partial charge in [0.25, 0.3) is 0 Å². The average Bonchev–Trinajstić information content (AvgIpc) is 2.68. The first-order valence-electron chi connectivity index (χ1n) is 8.13. The van der Waals surface area contributed by atoms with Crippen LogP contribution in [0.15, 0.2) is 36.7 Å². The molecule has 0 aliphatic heterocycles. The lowest BCUT2D eigenvalue weighted by Gasteiger charge is -2.11. The third-order valence-corrected chi connectivity index (χ3v) is 4.47. The molecule has 0 bridgehead atoms. The van der Waals surface area contributed by atoms with Crippen LogP contribution in [0, 0.1) is 17.5 Å². The van der Waals surface area contributed by atoms with Crippen LogP contribution in [0.1, 0.15) is 27.9 Å². The highest BCUT2D eigenvalue weighted by molar-refractivity contribution is 7.77. The summed E-state index contributed by atoms with van der Waals surface area (Å²) < 4.78 is 65.9. The summed E-state index contributed by atoms with van der Waals surface area (Å²) in [5, 5.41) is 0. The molecule has 2 aromatic carbocycles. The molecular weight excluding hydrogens is 395 g/mol. The topological polar surface area (TPSA) is 95.0 Å². The van der Waals surface area contributed by atoms with Crippen molar-refractivity contribution in [3.63, 3.8) is 0 Å². The molecule has 0 amide bonds. The summed E-state index contributed by atoms with van der Waals surface area (Å²) in [5.74, 6) is -5.14. The number of aryl methyl sites for hydroxylation is 1. The number of nitrogens with zero attached hydrogens (tertiary/aromatic N) is 2. The van der Waals surface area contributed by atoms with Crippen LogP contribution in [0.5, 0.6) is 0 Å². The van der Waals surface area contributed by atoms with Crippen molar-refractivity contribution in [2.24, 2.45) is 0 Å². The first kappa shape index (κ1) is 20.1. The molecule has 0 saturated carbocycles. The zero-order valence-electron chi connectivity index (χ0n) is 14.2. The first-order valence-corrected chi connectivity index (χ1v) is 9.20. The van der Waals surface area contributed by atoms with Crippen molar-refractivity contribution in [2.45, 2.75) is 12.8 Å². The van der Waals surface area contributed by atoms with E-state index in [0.29, 0.717) is 17.1 Å². The Labute approximate surface area is 160 Å². The van der Waals surface area contributed by atoms with Crippen molar-refractivity contribution in [1.29, 1.82) is 0 Å². The van der Waals surface area contributed by atoms with E-state index >= 15 is 0 Å². The lowest BCUT2D eigenvalue weighted by molar-refractivity contribution is 0.102. The molecule has 0 spiro atoms. The minimum Gasteiger partial charge on any atom is -0.760 e. The predicted molar refractivity (Wildman–Crippen MR) is 94.5 cm³/mol. The van der Waals surface area contributed by atoms with Gasteiger partial charge in [0, 0.05) is 35.8 Å². The van der Waals surface area contributed by atoms with Gasteiger partial charge >= 0.3 is 0 Å². The summed E-state index contributed by atoms with van der Waals surface area (Å²) in [7, 11) is 0. The molecular formula is C18H13F3N3O3S-. The molecule has 146 valence electrons. The van der Waals surface area contributed by atoms with Crippen LogP contribution in [0.25, 0.3) is 11.0 Å². The Bertz CT molecular complexity index is 1080. The Balaban J connectivity index is 1.94. The molecule has 0 aliphatic rings. The van der Waals surface area contributed by atoms with E-state index in [4.69, 9.17) is 0 Å². The molecule has 0 saturated heterocycles. The minimum atomic E-state index is -2.48. The van der Waals surface area contributed by atoms with E-state index < -0.39 is 40.1 Å².